The molecule has 22 heavy (non-hydrogen) atoms. The van der Waals surface area contributed by atoms with Crippen LogP contribution in [-0.4, -0.2) is 28.5 Å². The van der Waals surface area contributed by atoms with E-state index in [1.807, 2.05) is 5.43 Å². The first-order chi connectivity index (χ1) is 10.4. The largest absolute Gasteiger partial charge is 0.497 e. The highest BCUT2D eigenvalue weighted by Crippen LogP contribution is 2.28. The van der Waals surface area contributed by atoms with Gasteiger partial charge < -0.3 is 4.74 Å². The lowest BCUT2D eigenvalue weighted by Crippen LogP contribution is -2.32. The SMILES string of the molecule is COc1ccc(N(C)S(=O)(=O)c2ccsc2C(=O)NN)cc1. The molecule has 1 aromatic carbocycles. The number of nitrogens with zero attached hydrogens (tertiary/aromatic N) is 1. The normalized spacial score (nSPS) is 11.0. The minimum Gasteiger partial charge on any atom is -0.497 e. The molecule has 0 fully saturated rings. The van der Waals surface area contributed by atoms with Crippen molar-refractivity contribution in [3.05, 3.63) is 40.6 Å². The van der Waals surface area contributed by atoms with Crippen LogP contribution in [0, 0.1) is 0 Å². The van der Waals surface area contributed by atoms with Crippen molar-refractivity contribution in [1.29, 1.82) is 0 Å². The number of anilines is 1. The average Bonchev–Trinajstić information content (AvgIpc) is 3.04. The quantitative estimate of drug-likeness (QED) is 0.483. The summed E-state index contributed by atoms with van der Waals surface area (Å²) in [6.07, 6.45) is 0. The van der Waals surface area contributed by atoms with Crippen LogP contribution in [-0.2, 0) is 10.0 Å². The van der Waals surface area contributed by atoms with E-state index in [-0.39, 0.29) is 9.77 Å². The molecule has 0 bridgehead atoms. The zero-order chi connectivity index (χ0) is 16.3. The topological polar surface area (TPSA) is 102 Å². The van der Waals surface area contributed by atoms with Gasteiger partial charge in [0.25, 0.3) is 15.9 Å². The second kappa shape index (κ2) is 6.34. The third-order valence-electron chi connectivity index (χ3n) is 3.04. The summed E-state index contributed by atoms with van der Waals surface area (Å²) in [5, 5.41) is 1.53. The van der Waals surface area contributed by atoms with Crippen LogP contribution in [0.15, 0.2) is 40.6 Å². The van der Waals surface area contributed by atoms with E-state index in [1.54, 1.807) is 24.3 Å². The molecule has 0 aliphatic carbocycles. The molecule has 7 nitrogen and oxygen atoms in total. The second-order valence-corrected chi connectivity index (χ2v) is 7.11. The molecule has 0 saturated carbocycles. The van der Waals surface area contributed by atoms with Crippen molar-refractivity contribution in [3.8, 4) is 5.75 Å². The van der Waals surface area contributed by atoms with Crippen LogP contribution in [0.5, 0.6) is 5.75 Å². The molecule has 2 rings (SSSR count). The number of hydrazine groups is 1. The highest BCUT2D eigenvalue weighted by atomic mass is 32.2. The Morgan fingerprint density at radius 1 is 1.27 bits per heavy atom. The number of sulfonamides is 1. The molecule has 0 atom stereocenters. The average molecular weight is 341 g/mol. The Balaban J connectivity index is 2.41. The molecule has 0 spiro atoms. The Hall–Kier alpha value is -2.10. The first-order valence-electron chi connectivity index (χ1n) is 6.13. The van der Waals surface area contributed by atoms with Gasteiger partial charge >= 0.3 is 0 Å². The first kappa shape index (κ1) is 16.3. The van der Waals surface area contributed by atoms with Crippen molar-refractivity contribution in [1.82, 2.24) is 5.43 Å². The van der Waals surface area contributed by atoms with E-state index in [1.165, 1.54) is 25.6 Å². The smallest absolute Gasteiger partial charge is 0.276 e. The van der Waals surface area contributed by atoms with Gasteiger partial charge in [0.1, 0.15) is 15.5 Å². The molecule has 1 amide bonds. The van der Waals surface area contributed by atoms with E-state index in [4.69, 9.17) is 10.6 Å². The summed E-state index contributed by atoms with van der Waals surface area (Å²) in [7, 11) is -0.926. The number of carbonyl (C=O) groups excluding carboxylic acids is 1. The third kappa shape index (κ3) is 2.91. The standard InChI is InChI=1S/C13H15N3O4S2/c1-16(9-3-5-10(20-2)6-4-9)22(18,19)11-7-8-21-12(11)13(17)15-14/h3-8H,14H2,1-2H3,(H,15,17). The van der Waals surface area contributed by atoms with Gasteiger partial charge in [-0.1, -0.05) is 0 Å². The number of rotatable bonds is 5. The van der Waals surface area contributed by atoms with Crippen molar-refractivity contribution in [2.24, 2.45) is 5.84 Å². The number of nitrogen functional groups attached to an aromatic ring is 1. The number of ether oxygens (including phenoxy) is 1. The predicted molar refractivity (Wildman–Crippen MR) is 84.6 cm³/mol. The Kier molecular flexibility index (Phi) is 4.69. The highest BCUT2D eigenvalue weighted by molar-refractivity contribution is 7.93. The van der Waals surface area contributed by atoms with Crippen LogP contribution in [0.1, 0.15) is 9.67 Å². The molecule has 3 N–H and O–H groups in total. The monoisotopic (exact) mass is 341 g/mol. The Labute approximate surface area is 132 Å². The molecule has 0 unspecified atom stereocenters. The summed E-state index contributed by atoms with van der Waals surface area (Å²) in [4.78, 5) is 11.6. The van der Waals surface area contributed by atoms with Gasteiger partial charge in [-0.15, -0.1) is 11.3 Å². The summed E-state index contributed by atoms with van der Waals surface area (Å²) in [5.74, 6) is 5.06. The van der Waals surface area contributed by atoms with E-state index in [0.717, 1.165) is 15.6 Å². The molecule has 1 heterocycles. The van der Waals surface area contributed by atoms with E-state index in [2.05, 4.69) is 0 Å². The molecule has 9 heteroatoms. The van der Waals surface area contributed by atoms with Gasteiger partial charge in [-0.05, 0) is 35.7 Å². The number of benzene rings is 1. The fraction of sp³-hybridized carbons (Fsp3) is 0.154. The van der Waals surface area contributed by atoms with Crippen molar-refractivity contribution in [2.75, 3.05) is 18.5 Å². The molecular formula is C13H15N3O4S2. The number of methoxy groups -OCH3 is 1. The van der Waals surface area contributed by atoms with Gasteiger partial charge in [0.15, 0.2) is 0 Å². The number of hydrogen-bond acceptors (Lipinski definition) is 6. The van der Waals surface area contributed by atoms with Gasteiger partial charge in [-0.3, -0.25) is 14.5 Å². The summed E-state index contributed by atoms with van der Waals surface area (Å²) in [6, 6.07) is 7.92. The van der Waals surface area contributed by atoms with Crippen molar-refractivity contribution >= 4 is 33.0 Å². The molecule has 0 saturated heterocycles. The van der Waals surface area contributed by atoms with Crippen LogP contribution in [0.2, 0.25) is 0 Å². The number of amides is 1. The van der Waals surface area contributed by atoms with Gasteiger partial charge in [0, 0.05) is 7.05 Å². The summed E-state index contributed by atoms with van der Waals surface area (Å²) >= 11 is 1.01. The zero-order valence-electron chi connectivity index (χ0n) is 11.9. The maximum Gasteiger partial charge on any atom is 0.276 e. The van der Waals surface area contributed by atoms with Crippen LogP contribution >= 0.6 is 11.3 Å². The molecule has 1 aromatic heterocycles. The number of hydrogen-bond donors (Lipinski definition) is 2. The lowest BCUT2D eigenvalue weighted by molar-refractivity contribution is 0.0954. The maximum atomic E-state index is 12.7. The zero-order valence-corrected chi connectivity index (χ0v) is 13.6. The molecule has 118 valence electrons. The maximum absolute atomic E-state index is 12.7. The number of nitrogens with one attached hydrogen (secondary N) is 1. The van der Waals surface area contributed by atoms with Crippen LogP contribution in [0.3, 0.4) is 0 Å². The van der Waals surface area contributed by atoms with E-state index in [9.17, 15) is 13.2 Å². The summed E-state index contributed by atoms with van der Waals surface area (Å²) in [6.45, 7) is 0. The van der Waals surface area contributed by atoms with Crippen molar-refractivity contribution in [3.63, 3.8) is 0 Å². The fourth-order valence-corrected chi connectivity index (χ4v) is 4.31. The van der Waals surface area contributed by atoms with E-state index in [0.29, 0.717) is 11.4 Å². The van der Waals surface area contributed by atoms with Gasteiger partial charge in [0.05, 0.1) is 12.8 Å². The third-order valence-corrected chi connectivity index (χ3v) is 5.91. The molecule has 0 radical (unpaired) electrons. The number of nitrogens with two attached hydrogens (primary N) is 1. The highest BCUT2D eigenvalue weighted by Gasteiger charge is 2.28. The Morgan fingerprint density at radius 2 is 1.91 bits per heavy atom. The first-order valence-corrected chi connectivity index (χ1v) is 8.45. The number of carbonyl (C=O) groups is 1. The van der Waals surface area contributed by atoms with Crippen molar-refractivity contribution < 1.29 is 17.9 Å². The Morgan fingerprint density at radius 3 is 2.45 bits per heavy atom. The molecule has 2 aromatic rings. The van der Waals surface area contributed by atoms with Crippen LogP contribution in [0.4, 0.5) is 5.69 Å². The number of thiophene rings is 1. The molecular weight excluding hydrogens is 326 g/mol. The van der Waals surface area contributed by atoms with Gasteiger partial charge in [0.2, 0.25) is 0 Å². The van der Waals surface area contributed by atoms with Crippen LogP contribution < -0.4 is 20.3 Å². The summed E-state index contributed by atoms with van der Waals surface area (Å²) < 4.78 is 31.5. The fourth-order valence-electron chi connectivity index (χ4n) is 1.81. The lowest BCUT2D eigenvalue weighted by atomic mass is 10.3. The molecule has 0 aliphatic rings. The van der Waals surface area contributed by atoms with E-state index >= 15 is 0 Å². The minimum atomic E-state index is -3.87. The predicted octanol–water partition coefficient (Wildman–Crippen LogP) is 1.19. The van der Waals surface area contributed by atoms with Gasteiger partial charge in [-0.25, -0.2) is 14.3 Å². The van der Waals surface area contributed by atoms with Crippen LogP contribution in [0.25, 0.3) is 0 Å². The summed E-state index contributed by atoms with van der Waals surface area (Å²) in [5.41, 5.74) is 2.40. The van der Waals surface area contributed by atoms with Gasteiger partial charge in [-0.2, -0.15) is 0 Å². The molecule has 0 aliphatic heterocycles. The van der Waals surface area contributed by atoms with Crippen molar-refractivity contribution in [2.45, 2.75) is 4.90 Å². The Bertz CT molecular complexity index is 769. The van der Waals surface area contributed by atoms with E-state index < -0.39 is 15.9 Å². The lowest BCUT2D eigenvalue weighted by Gasteiger charge is -2.19. The minimum absolute atomic E-state index is 0.0443. The second-order valence-electron chi connectivity index (χ2n) is 4.26.